The SMILES string of the molecule is CCOC(=O)C(C/C=C/S(F)(F)(F)(F)F)NC(=O)OC(C)(C)C. The molecule has 0 spiro atoms. The minimum atomic E-state index is -9.73. The lowest BCUT2D eigenvalue weighted by atomic mass is 10.2. The summed E-state index contributed by atoms with van der Waals surface area (Å²) in [5.41, 5.74) is -0.914. The number of carbonyl (C=O) groups excluding carboxylic acids is 2. The van der Waals surface area contributed by atoms with Crippen LogP contribution in [0.15, 0.2) is 11.5 Å². The molecule has 0 aliphatic carbocycles. The predicted octanol–water partition coefficient (Wildman–Crippen LogP) is 4.65. The molecule has 5 nitrogen and oxygen atoms in total. The molecule has 1 amide bonds. The van der Waals surface area contributed by atoms with E-state index < -0.39 is 45.8 Å². The number of rotatable bonds is 6. The summed E-state index contributed by atoms with van der Waals surface area (Å²) in [7, 11) is -9.73. The summed E-state index contributed by atoms with van der Waals surface area (Å²) in [6.45, 7) is 5.92. The van der Waals surface area contributed by atoms with E-state index in [-0.39, 0.29) is 12.7 Å². The first-order valence-corrected chi connectivity index (χ1v) is 8.52. The van der Waals surface area contributed by atoms with Crippen molar-refractivity contribution < 1.29 is 38.5 Å². The van der Waals surface area contributed by atoms with Gasteiger partial charge < -0.3 is 14.8 Å². The van der Waals surface area contributed by atoms with Gasteiger partial charge in [-0.15, -0.1) is 0 Å². The molecule has 0 aromatic carbocycles. The Labute approximate surface area is 130 Å². The summed E-state index contributed by atoms with van der Waals surface area (Å²) < 4.78 is 70.3. The molecular formula is C12H20F5NO4S. The third-order valence-corrected chi connectivity index (χ3v) is 2.69. The Hall–Kier alpha value is -1.52. The second kappa shape index (κ2) is 6.17. The van der Waals surface area contributed by atoms with E-state index in [1.807, 2.05) is 5.32 Å². The van der Waals surface area contributed by atoms with E-state index in [1.54, 1.807) is 0 Å². The lowest BCUT2D eigenvalue weighted by molar-refractivity contribution is -0.145. The zero-order chi connectivity index (χ0) is 18.6. The van der Waals surface area contributed by atoms with Crippen molar-refractivity contribution in [2.24, 2.45) is 0 Å². The number of amides is 1. The zero-order valence-electron chi connectivity index (χ0n) is 13.1. The first-order valence-electron chi connectivity index (χ1n) is 6.50. The molecule has 138 valence electrons. The van der Waals surface area contributed by atoms with Crippen molar-refractivity contribution in [3.05, 3.63) is 11.5 Å². The van der Waals surface area contributed by atoms with Crippen LogP contribution in [0.1, 0.15) is 34.1 Å². The van der Waals surface area contributed by atoms with Crippen molar-refractivity contribution in [1.29, 1.82) is 0 Å². The molecule has 0 radical (unpaired) electrons. The van der Waals surface area contributed by atoms with E-state index in [2.05, 4.69) is 4.74 Å². The molecule has 0 aliphatic rings. The monoisotopic (exact) mass is 369 g/mol. The molecule has 1 unspecified atom stereocenters. The fourth-order valence-electron chi connectivity index (χ4n) is 1.28. The average Bonchev–Trinajstić information content (AvgIpc) is 2.21. The molecule has 0 aromatic rings. The highest BCUT2D eigenvalue weighted by molar-refractivity contribution is 8.48. The van der Waals surface area contributed by atoms with Crippen LogP contribution in [0.2, 0.25) is 0 Å². The maximum Gasteiger partial charge on any atom is 0.408 e. The summed E-state index contributed by atoms with van der Waals surface area (Å²) in [5.74, 6) is -1.06. The Kier molecular flexibility index (Phi) is 5.77. The third kappa shape index (κ3) is 12.7. The van der Waals surface area contributed by atoms with Gasteiger partial charge in [0.05, 0.1) is 12.0 Å². The first kappa shape index (κ1) is 21.5. The second-order valence-electron chi connectivity index (χ2n) is 5.59. The van der Waals surface area contributed by atoms with E-state index in [1.165, 1.54) is 27.7 Å². The Morgan fingerprint density at radius 2 is 1.70 bits per heavy atom. The zero-order valence-corrected chi connectivity index (χ0v) is 13.9. The fourth-order valence-corrected chi connectivity index (χ4v) is 1.76. The summed E-state index contributed by atoms with van der Waals surface area (Å²) >= 11 is 0. The highest BCUT2D eigenvalue weighted by Gasteiger charge is 2.60. The maximum atomic E-state index is 12.2. The van der Waals surface area contributed by atoms with Crippen LogP contribution in [-0.2, 0) is 14.3 Å². The summed E-state index contributed by atoms with van der Waals surface area (Å²) in [4.78, 5) is 23.1. The fraction of sp³-hybridized carbons (Fsp3) is 0.667. The van der Waals surface area contributed by atoms with Crippen molar-refractivity contribution in [3.8, 4) is 0 Å². The van der Waals surface area contributed by atoms with Crippen molar-refractivity contribution in [3.63, 3.8) is 0 Å². The largest absolute Gasteiger partial charge is 0.464 e. The summed E-state index contributed by atoms with van der Waals surface area (Å²) in [6, 6.07) is -1.58. The predicted molar refractivity (Wildman–Crippen MR) is 76.7 cm³/mol. The molecule has 0 aromatic heterocycles. The van der Waals surface area contributed by atoms with Crippen LogP contribution in [0, 0.1) is 0 Å². The van der Waals surface area contributed by atoms with Crippen LogP contribution in [0.4, 0.5) is 24.2 Å². The minimum absolute atomic E-state index is 0.0700. The van der Waals surface area contributed by atoms with Crippen molar-refractivity contribution in [2.75, 3.05) is 6.61 Å². The molecule has 0 aliphatic heterocycles. The van der Waals surface area contributed by atoms with E-state index in [9.17, 15) is 29.0 Å². The number of hydrogen-bond donors (Lipinski definition) is 1. The Morgan fingerprint density at radius 3 is 2.09 bits per heavy atom. The van der Waals surface area contributed by atoms with Crippen LogP contribution >= 0.6 is 10.2 Å². The van der Waals surface area contributed by atoms with Gasteiger partial charge >= 0.3 is 22.3 Å². The molecular weight excluding hydrogens is 349 g/mol. The summed E-state index contributed by atoms with van der Waals surface area (Å²) in [5, 5.41) is 0.806. The van der Waals surface area contributed by atoms with Gasteiger partial charge in [0.2, 0.25) is 0 Å². The van der Waals surface area contributed by atoms with Crippen molar-refractivity contribution in [1.82, 2.24) is 5.32 Å². The molecule has 0 fully saturated rings. The van der Waals surface area contributed by atoms with E-state index in [4.69, 9.17) is 4.74 Å². The van der Waals surface area contributed by atoms with E-state index in [0.29, 0.717) is 0 Å². The lowest BCUT2D eigenvalue weighted by Gasteiger charge is -2.36. The lowest BCUT2D eigenvalue weighted by Crippen LogP contribution is -2.44. The second-order valence-corrected chi connectivity index (χ2v) is 7.92. The van der Waals surface area contributed by atoms with Crippen molar-refractivity contribution >= 4 is 22.3 Å². The van der Waals surface area contributed by atoms with Gasteiger partial charge in [-0.05, 0) is 34.1 Å². The van der Waals surface area contributed by atoms with Crippen LogP contribution < -0.4 is 5.32 Å². The molecule has 0 saturated carbocycles. The normalized spacial score (nSPS) is 17.1. The number of nitrogens with one attached hydrogen (secondary N) is 1. The van der Waals surface area contributed by atoms with Crippen molar-refractivity contribution in [2.45, 2.75) is 45.8 Å². The number of esters is 1. The summed E-state index contributed by atoms with van der Waals surface area (Å²) in [6.07, 6.45) is -1.85. The maximum absolute atomic E-state index is 12.2. The van der Waals surface area contributed by atoms with Gasteiger partial charge in [0, 0.05) is 0 Å². The topological polar surface area (TPSA) is 64.6 Å². The Balaban J connectivity index is 5.02. The number of halogens is 5. The minimum Gasteiger partial charge on any atom is -0.464 e. The molecule has 0 bridgehead atoms. The Morgan fingerprint density at radius 1 is 1.17 bits per heavy atom. The highest BCUT2D eigenvalue weighted by atomic mass is 32.5. The Bertz CT molecular complexity index is 483. The molecule has 0 saturated heterocycles. The van der Waals surface area contributed by atoms with Gasteiger partial charge in [-0.1, -0.05) is 25.5 Å². The van der Waals surface area contributed by atoms with Gasteiger partial charge in [0.15, 0.2) is 0 Å². The van der Waals surface area contributed by atoms with Gasteiger partial charge in [0.25, 0.3) is 0 Å². The van der Waals surface area contributed by atoms with Crippen LogP contribution in [0.3, 0.4) is 0 Å². The van der Waals surface area contributed by atoms with Gasteiger partial charge in [-0.2, -0.15) is 0 Å². The highest BCUT2D eigenvalue weighted by Crippen LogP contribution is 2.98. The number of carbonyl (C=O) groups is 2. The number of ether oxygens (including phenoxy) is 2. The van der Waals surface area contributed by atoms with E-state index >= 15 is 0 Å². The number of alkyl carbamates (subject to hydrolysis) is 1. The van der Waals surface area contributed by atoms with Crippen LogP contribution in [0.5, 0.6) is 0 Å². The molecule has 23 heavy (non-hydrogen) atoms. The smallest absolute Gasteiger partial charge is 0.408 e. The molecule has 1 atom stereocenters. The average molecular weight is 369 g/mol. The first-order chi connectivity index (χ1) is 9.92. The molecule has 0 heterocycles. The van der Waals surface area contributed by atoms with Gasteiger partial charge in [-0.25, -0.2) is 9.59 Å². The van der Waals surface area contributed by atoms with E-state index in [0.717, 1.165) is 0 Å². The van der Waals surface area contributed by atoms with Gasteiger partial charge in [-0.3, -0.25) is 0 Å². The van der Waals surface area contributed by atoms with Crippen LogP contribution in [0.25, 0.3) is 0 Å². The quantitative estimate of drug-likeness (QED) is 0.547. The standard InChI is InChI=1S/C12H20F5NO4S/c1-5-21-10(19)9(18-11(20)22-12(2,3)4)7-6-8-23(13,14,15,16)17/h6,8-9H,5,7H2,1-4H3,(H,18,20)/b8-6+. The third-order valence-electron chi connectivity index (χ3n) is 1.99. The van der Waals surface area contributed by atoms with Crippen LogP contribution in [-0.4, -0.2) is 30.3 Å². The molecule has 1 N–H and O–H groups in total. The van der Waals surface area contributed by atoms with Gasteiger partial charge in [0.1, 0.15) is 11.6 Å². The molecule has 0 rings (SSSR count). The number of hydrogen-bond acceptors (Lipinski definition) is 4. The molecule has 11 heteroatoms.